The van der Waals surface area contributed by atoms with E-state index in [1.54, 1.807) is 0 Å². The molecule has 4 atom stereocenters. The Bertz CT molecular complexity index is 692. The summed E-state index contributed by atoms with van der Waals surface area (Å²) in [5, 5.41) is 18.5. The van der Waals surface area contributed by atoms with Crippen LogP contribution in [0.25, 0.3) is 11.2 Å². The van der Waals surface area contributed by atoms with E-state index in [1.165, 1.54) is 24.3 Å². The summed E-state index contributed by atoms with van der Waals surface area (Å²) in [6.07, 6.45) is -4.25. The van der Waals surface area contributed by atoms with E-state index in [4.69, 9.17) is 14.6 Å². The first kappa shape index (κ1) is 13.6. The molecule has 0 unspecified atom stereocenters. The van der Waals surface area contributed by atoms with Gasteiger partial charge in [-0.05, 0) is 0 Å². The van der Waals surface area contributed by atoms with Crippen LogP contribution >= 0.6 is 0 Å². The highest BCUT2D eigenvalue weighted by molar-refractivity contribution is 5.76. The van der Waals surface area contributed by atoms with Crippen LogP contribution in [0.3, 0.4) is 0 Å². The average molecular weight is 298 g/mol. The number of alkyl halides is 1. The van der Waals surface area contributed by atoms with Crippen LogP contribution in [0.5, 0.6) is 5.88 Å². The first-order valence-corrected chi connectivity index (χ1v) is 5.96. The van der Waals surface area contributed by atoms with Crippen molar-refractivity contribution in [1.29, 1.82) is 0 Å². The molecule has 1 aliphatic rings. The van der Waals surface area contributed by atoms with E-state index < -0.39 is 30.6 Å². The predicted octanol–water partition coefficient (Wildman–Crippen LogP) is -0.484. The molecule has 0 saturated carbocycles. The highest BCUT2D eigenvalue weighted by atomic mass is 19.1. The number of carbonyl (C=O) groups is 1. The quantitative estimate of drug-likeness (QED) is 0.779. The molecule has 0 bridgehead atoms. The molecule has 3 heterocycles. The smallest absolute Gasteiger partial charge is 0.335 e. The third-order valence-corrected chi connectivity index (χ3v) is 3.23. The highest BCUT2D eigenvalue weighted by Gasteiger charge is 2.49. The lowest BCUT2D eigenvalue weighted by Crippen LogP contribution is -2.34. The number of hydrogen-bond acceptors (Lipinski definition) is 7. The second kappa shape index (κ2) is 4.90. The van der Waals surface area contributed by atoms with Crippen molar-refractivity contribution in [3.05, 3.63) is 12.7 Å². The number of methoxy groups -OCH3 is 1. The molecule has 10 heteroatoms. The standard InChI is InChI=1S/C11H11FN4O5/c1-20-9-5-8(13-2-14-9)16(3-15-5)10-4(12)6(17)7(21-10)11(18)19/h2-4,6-7,10,17H,1H3,(H,18,19)/t4-,6-,7-,10+/m0/s1. The normalized spacial score (nSPS) is 28.9. The van der Waals surface area contributed by atoms with Crippen molar-refractivity contribution < 1.29 is 28.9 Å². The zero-order valence-corrected chi connectivity index (χ0v) is 10.8. The summed E-state index contributed by atoms with van der Waals surface area (Å²) in [6, 6.07) is 0. The number of carboxylic acid groups (broad SMARTS) is 1. The summed E-state index contributed by atoms with van der Waals surface area (Å²) in [7, 11) is 1.40. The monoisotopic (exact) mass is 298 g/mol. The van der Waals surface area contributed by atoms with E-state index >= 15 is 0 Å². The van der Waals surface area contributed by atoms with Gasteiger partial charge in [0.15, 0.2) is 29.7 Å². The van der Waals surface area contributed by atoms with Crippen LogP contribution in [0.1, 0.15) is 6.23 Å². The Balaban J connectivity index is 2.03. The van der Waals surface area contributed by atoms with Gasteiger partial charge in [-0.3, -0.25) is 4.57 Å². The molecule has 2 aromatic heterocycles. The van der Waals surface area contributed by atoms with Gasteiger partial charge in [0, 0.05) is 0 Å². The number of hydrogen-bond donors (Lipinski definition) is 2. The number of ether oxygens (including phenoxy) is 2. The summed E-state index contributed by atoms with van der Waals surface area (Å²) in [6.45, 7) is 0. The highest BCUT2D eigenvalue weighted by Crippen LogP contribution is 2.34. The average Bonchev–Trinajstić information content (AvgIpc) is 3.01. The van der Waals surface area contributed by atoms with E-state index in [0.717, 1.165) is 0 Å². The second-order valence-electron chi connectivity index (χ2n) is 4.43. The first-order chi connectivity index (χ1) is 10.0. The maximum Gasteiger partial charge on any atom is 0.335 e. The van der Waals surface area contributed by atoms with Gasteiger partial charge in [0.25, 0.3) is 0 Å². The number of halogens is 1. The molecule has 112 valence electrons. The number of rotatable bonds is 3. The molecular weight excluding hydrogens is 287 g/mol. The minimum Gasteiger partial charge on any atom is -0.479 e. The van der Waals surface area contributed by atoms with Crippen molar-refractivity contribution >= 4 is 17.1 Å². The molecule has 1 saturated heterocycles. The van der Waals surface area contributed by atoms with Gasteiger partial charge in [0.05, 0.1) is 13.4 Å². The molecule has 0 radical (unpaired) electrons. The van der Waals surface area contributed by atoms with Crippen LogP contribution < -0.4 is 4.74 Å². The number of aliphatic carboxylic acids is 1. The zero-order chi connectivity index (χ0) is 15.1. The van der Waals surface area contributed by atoms with Crippen LogP contribution in [0.2, 0.25) is 0 Å². The van der Waals surface area contributed by atoms with Crippen molar-refractivity contribution in [2.75, 3.05) is 7.11 Å². The lowest BCUT2D eigenvalue weighted by molar-refractivity contribution is -0.155. The minimum absolute atomic E-state index is 0.197. The van der Waals surface area contributed by atoms with Gasteiger partial charge in [0.2, 0.25) is 5.88 Å². The summed E-state index contributed by atoms with van der Waals surface area (Å²) in [5.74, 6) is -1.24. The Labute approximate surface area is 117 Å². The SMILES string of the molecule is COc1ncnc2c1ncn2[C@@H]1O[C@H](C(=O)O)[C@@H](O)[C@@H]1F. The Morgan fingerprint density at radius 1 is 1.48 bits per heavy atom. The Morgan fingerprint density at radius 3 is 2.86 bits per heavy atom. The van der Waals surface area contributed by atoms with Crippen LogP contribution in [0, 0.1) is 0 Å². The van der Waals surface area contributed by atoms with Gasteiger partial charge in [-0.15, -0.1) is 0 Å². The van der Waals surface area contributed by atoms with E-state index in [0.29, 0.717) is 0 Å². The predicted molar refractivity (Wildman–Crippen MR) is 64.3 cm³/mol. The Kier molecular flexibility index (Phi) is 3.18. The first-order valence-electron chi connectivity index (χ1n) is 5.96. The lowest BCUT2D eigenvalue weighted by atomic mass is 10.1. The van der Waals surface area contributed by atoms with Crippen molar-refractivity contribution in [1.82, 2.24) is 19.5 Å². The van der Waals surface area contributed by atoms with Crippen molar-refractivity contribution in [3.63, 3.8) is 0 Å². The number of aromatic nitrogens is 4. The molecule has 1 fully saturated rings. The van der Waals surface area contributed by atoms with Gasteiger partial charge in [-0.1, -0.05) is 0 Å². The number of carboxylic acids is 1. The Hall–Kier alpha value is -2.33. The largest absolute Gasteiger partial charge is 0.479 e. The van der Waals surface area contributed by atoms with Crippen LogP contribution in [0.15, 0.2) is 12.7 Å². The summed E-state index contributed by atoms with van der Waals surface area (Å²) in [4.78, 5) is 22.7. The van der Waals surface area contributed by atoms with Gasteiger partial charge in [-0.25, -0.2) is 19.2 Å². The zero-order valence-electron chi connectivity index (χ0n) is 10.8. The van der Waals surface area contributed by atoms with Gasteiger partial charge >= 0.3 is 5.97 Å². The van der Waals surface area contributed by atoms with Crippen molar-refractivity contribution in [2.45, 2.75) is 24.6 Å². The molecule has 1 aliphatic heterocycles. The Morgan fingerprint density at radius 2 is 2.24 bits per heavy atom. The molecule has 9 nitrogen and oxygen atoms in total. The lowest BCUT2D eigenvalue weighted by Gasteiger charge is -2.14. The topological polar surface area (TPSA) is 120 Å². The summed E-state index contributed by atoms with van der Waals surface area (Å²) >= 11 is 0. The summed E-state index contributed by atoms with van der Waals surface area (Å²) < 4.78 is 25.4. The van der Waals surface area contributed by atoms with Gasteiger partial charge in [-0.2, -0.15) is 4.98 Å². The number of imidazole rings is 1. The fraction of sp³-hybridized carbons (Fsp3) is 0.455. The number of aliphatic hydroxyl groups excluding tert-OH is 1. The molecule has 0 aliphatic carbocycles. The van der Waals surface area contributed by atoms with E-state index in [1.807, 2.05) is 0 Å². The van der Waals surface area contributed by atoms with Crippen molar-refractivity contribution in [2.24, 2.45) is 0 Å². The van der Waals surface area contributed by atoms with E-state index in [-0.39, 0.29) is 17.0 Å². The second-order valence-corrected chi connectivity index (χ2v) is 4.43. The van der Waals surface area contributed by atoms with Gasteiger partial charge < -0.3 is 19.7 Å². The molecule has 3 rings (SSSR count). The number of fused-ring (bicyclic) bond motifs is 1. The van der Waals surface area contributed by atoms with Crippen LogP contribution in [0.4, 0.5) is 4.39 Å². The molecule has 0 amide bonds. The van der Waals surface area contributed by atoms with Crippen LogP contribution in [-0.2, 0) is 9.53 Å². The third-order valence-electron chi connectivity index (χ3n) is 3.23. The molecule has 21 heavy (non-hydrogen) atoms. The summed E-state index contributed by atoms with van der Waals surface area (Å²) in [5.41, 5.74) is 0.497. The van der Waals surface area contributed by atoms with Gasteiger partial charge in [0.1, 0.15) is 12.4 Å². The number of aliphatic hydroxyl groups is 1. The van der Waals surface area contributed by atoms with Crippen molar-refractivity contribution in [3.8, 4) is 5.88 Å². The molecular formula is C11H11FN4O5. The molecule has 0 spiro atoms. The van der Waals surface area contributed by atoms with E-state index in [9.17, 15) is 14.3 Å². The maximum absolute atomic E-state index is 14.1. The maximum atomic E-state index is 14.1. The van der Waals surface area contributed by atoms with E-state index in [2.05, 4.69) is 15.0 Å². The molecule has 0 aromatic carbocycles. The molecule has 2 aromatic rings. The third kappa shape index (κ3) is 1.99. The fourth-order valence-electron chi connectivity index (χ4n) is 2.23. The fourth-order valence-corrected chi connectivity index (χ4v) is 2.23. The van der Waals surface area contributed by atoms with Crippen LogP contribution in [-0.4, -0.2) is 61.2 Å². The molecule has 2 N–H and O–H groups in total. The minimum atomic E-state index is -1.93. The number of nitrogens with zero attached hydrogens (tertiary/aromatic N) is 4.